The van der Waals surface area contributed by atoms with Crippen LogP contribution in [-0.2, 0) is 0 Å². The van der Waals surface area contributed by atoms with Gasteiger partial charge in [0.1, 0.15) is 5.82 Å². The number of hydrogen-bond acceptors (Lipinski definition) is 4. The molecule has 5 nitrogen and oxygen atoms in total. The Balaban J connectivity index is 1.42. The highest BCUT2D eigenvalue weighted by molar-refractivity contribution is 6.37. The van der Waals surface area contributed by atoms with Crippen molar-refractivity contribution in [2.45, 2.75) is 57.5 Å². The molecule has 3 aliphatic rings. The van der Waals surface area contributed by atoms with E-state index in [0.717, 1.165) is 66.9 Å². The molecule has 0 aliphatic carbocycles. The summed E-state index contributed by atoms with van der Waals surface area (Å²) in [5.41, 5.74) is 3.38. The third-order valence-corrected chi connectivity index (χ3v) is 7.45. The van der Waals surface area contributed by atoms with Crippen molar-refractivity contribution in [2.24, 2.45) is 0 Å². The molecular formula is C22H32ClN5. The molecule has 1 aromatic heterocycles. The van der Waals surface area contributed by atoms with Crippen molar-refractivity contribution in [2.75, 3.05) is 44.2 Å². The van der Waals surface area contributed by atoms with Crippen LogP contribution in [0.15, 0.2) is 12.1 Å². The van der Waals surface area contributed by atoms with Crippen LogP contribution in [0, 0.1) is 6.92 Å². The lowest BCUT2D eigenvalue weighted by Crippen LogP contribution is -2.44. The summed E-state index contributed by atoms with van der Waals surface area (Å²) in [7, 11) is 0. The summed E-state index contributed by atoms with van der Waals surface area (Å²) in [5.74, 6) is 1.09. The molecule has 152 valence electrons. The second-order valence-electron chi connectivity index (χ2n) is 8.74. The maximum Gasteiger partial charge on any atom is 0.107 e. The first kappa shape index (κ1) is 18.7. The smallest absolute Gasteiger partial charge is 0.107 e. The van der Waals surface area contributed by atoms with Crippen molar-refractivity contribution in [3.05, 3.63) is 23.0 Å². The summed E-state index contributed by atoms with van der Waals surface area (Å²) in [6.07, 6.45) is 7.55. The summed E-state index contributed by atoms with van der Waals surface area (Å²) < 4.78 is 2.42. The van der Waals surface area contributed by atoms with Gasteiger partial charge in [0.25, 0.3) is 0 Å². The molecule has 0 saturated carbocycles. The average Bonchev–Trinajstić information content (AvgIpc) is 3.37. The minimum atomic E-state index is 0.500. The van der Waals surface area contributed by atoms with Gasteiger partial charge in [0.2, 0.25) is 0 Å². The van der Waals surface area contributed by atoms with Gasteiger partial charge < -0.3 is 19.7 Å². The number of benzene rings is 1. The van der Waals surface area contributed by atoms with Gasteiger partial charge in [-0.05, 0) is 83.8 Å². The van der Waals surface area contributed by atoms with Crippen LogP contribution in [0.2, 0.25) is 5.02 Å². The summed E-state index contributed by atoms with van der Waals surface area (Å²) in [5, 5.41) is 4.37. The normalized spacial score (nSPS) is 23.1. The molecule has 6 heteroatoms. The van der Waals surface area contributed by atoms with Crippen LogP contribution >= 0.6 is 11.6 Å². The fourth-order valence-corrected chi connectivity index (χ4v) is 5.96. The Morgan fingerprint density at radius 3 is 2.39 bits per heavy atom. The van der Waals surface area contributed by atoms with E-state index >= 15 is 0 Å². The second-order valence-corrected chi connectivity index (χ2v) is 9.12. The Kier molecular flexibility index (Phi) is 5.24. The predicted octanol–water partition coefficient (Wildman–Crippen LogP) is 3.99. The lowest BCUT2D eigenvalue weighted by molar-refractivity contribution is 0.208. The molecule has 4 heterocycles. The van der Waals surface area contributed by atoms with Crippen LogP contribution in [0.1, 0.15) is 50.4 Å². The number of rotatable bonds is 3. The number of hydrogen-bond donors (Lipinski definition) is 1. The first-order chi connectivity index (χ1) is 13.7. The van der Waals surface area contributed by atoms with Crippen LogP contribution in [0.4, 0.5) is 5.69 Å². The molecule has 3 fully saturated rings. The number of anilines is 1. The van der Waals surface area contributed by atoms with Crippen molar-refractivity contribution in [3.8, 4) is 0 Å². The van der Waals surface area contributed by atoms with Crippen LogP contribution in [0.5, 0.6) is 0 Å². The van der Waals surface area contributed by atoms with Crippen molar-refractivity contribution in [1.82, 2.24) is 19.8 Å². The van der Waals surface area contributed by atoms with E-state index in [-0.39, 0.29) is 0 Å². The van der Waals surface area contributed by atoms with Gasteiger partial charge in [0, 0.05) is 25.2 Å². The Hall–Kier alpha value is -1.30. The van der Waals surface area contributed by atoms with E-state index in [1.165, 1.54) is 44.5 Å². The fourth-order valence-electron chi connectivity index (χ4n) is 5.59. The number of nitrogens with one attached hydrogen (secondary N) is 1. The molecule has 0 spiro atoms. The van der Waals surface area contributed by atoms with Gasteiger partial charge in [-0.1, -0.05) is 11.6 Å². The summed E-state index contributed by atoms with van der Waals surface area (Å²) in [6.45, 7) is 9.08. The highest BCUT2D eigenvalue weighted by Crippen LogP contribution is 2.38. The number of fused-ring (bicyclic) bond motifs is 1. The third-order valence-electron chi connectivity index (χ3n) is 7.08. The Labute approximate surface area is 173 Å². The molecule has 0 bridgehead atoms. The van der Waals surface area contributed by atoms with E-state index in [1.54, 1.807) is 0 Å². The van der Waals surface area contributed by atoms with Crippen LogP contribution in [0.3, 0.4) is 0 Å². The third kappa shape index (κ3) is 3.31. The highest BCUT2D eigenvalue weighted by atomic mass is 35.5. The highest BCUT2D eigenvalue weighted by Gasteiger charge is 2.28. The van der Waals surface area contributed by atoms with Gasteiger partial charge >= 0.3 is 0 Å². The zero-order valence-electron chi connectivity index (χ0n) is 17.0. The molecule has 3 aliphatic heterocycles. The molecular weight excluding hydrogens is 370 g/mol. The number of imidazole rings is 1. The zero-order chi connectivity index (χ0) is 19.1. The molecule has 2 aromatic rings. The second kappa shape index (κ2) is 7.85. The van der Waals surface area contributed by atoms with E-state index in [0.29, 0.717) is 6.04 Å². The number of halogens is 1. The minimum absolute atomic E-state index is 0.500. The Bertz CT molecular complexity index is 827. The molecule has 0 atom stereocenters. The monoisotopic (exact) mass is 401 g/mol. The van der Waals surface area contributed by atoms with Gasteiger partial charge in [0.15, 0.2) is 0 Å². The lowest BCUT2D eigenvalue weighted by Gasteiger charge is -2.38. The molecule has 0 amide bonds. The Morgan fingerprint density at radius 2 is 1.68 bits per heavy atom. The Morgan fingerprint density at radius 1 is 0.964 bits per heavy atom. The molecule has 0 unspecified atom stereocenters. The lowest BCUT2D eigenvalue weighted by atomic mass is 10.0. The van der Waals surface area contributed by atoms with Gasteiger partial charge in [-0.15, -0.1) is 0 Å². The summed E-state index contributed by atoms with van der Waals surface area (Å²) >= 11 is 7.05. The van der Waals surface area contributed by atoms with Gasteiger partial charge in [-0.3, -0.25) is 0 Å². The van der Waals surface area contributed by atoms with Gasteiger partial charge in [0.05, 0.1) is 21.7 Å². The maximum atomic E-state index is 7.05. The number of nitrogens with zero attached hydrogens (tertiary/aromatic N) is 4. The van der Waals surface area contributed by atoms with E-state index < -0.39 is 0 Å². The van der Waals surface area contributed by atoms with Crippen LogP contribution in [0.25, 0.3) is 11.0 Å². The van der Waals surface area contributed by atoms with Gasteiger partial charge in [-0.2, -0.15) is 0 Å². The van der Waals surface area contributed by atoms with Crippen LogP contribution < -0.4 is 10.2 Å². The van der Waals surface area contributed by atoms with Crippen molar-refractivity contribution < 1.29 is 0 Å². The molecule has 1 N–H and O–H groups in total. The fraction of sp³-hybridized carbons (Fsp3) is 0.682. The number of piperidine rings is 2. The topological polar surface area (TPSA) is 36.3 Å². The molecule has 3 saturated heterocycles. The number of aryl methyl sites for hydroxylation is 1. The van der Waals surface area contributed by atoms with Crippen molar-refractivity contribution >= 4 is 28.3 Å². The quantitative estimate of drug-likeness (QED) is 0.843. The van der Waals surface area contributed by atoms with Crippen molar-refractivity contribution in [1.29, 1.82) is 0 Å². The number of likely N-dealkylation sites (tertiary alicyclic amines) is 1. The number of aromatic nitrogens is 2. The molecule has 0 radical (unpaired) electrons. The standard InChI is InChI=1S/C22H32ClN5/c1-16-25-19-4-5-20(21(23)22(19)28(16)18-6-10-24-11-7-18)27-14-8-17(9-15-27)26-12-2-3-13-26/h4-5,17-18,24H,2-3,6-15H2,1H3. The summed E-state index contributed by atoms with van der Waals surface area (Å²) in [6, 6.07) is 5.64. The van der Waals surface area contributed by atoms with E-state index in [9.17, 15) is 0 Å². The van der Waals surface area contributed by atoms with E-state index in [2.05, 4.69) is 38.7 Å². The first-order valence-corrected chi connectivity index (χ1v) is 11.5. The van der Waals surface area contributed by atoms with Gasteiger partial charge in [-0.25, -0.2) is 4.98 Å². The van der Waals surface area contributed by atoms with E-state index in [1.807, 2.05) is 0 Å². The predicted molar refractivity (Wildman–Crippen MR) is 117 cm³/mol. The molecule has 1 aromatic carbocycles. The summed E-state index contributed by atoms with van der Waals surface area (Å²) in [4.78, 5) is 10.0. The van der Waals surface area contributed by atoms with Crippen molar-refractivity contribution in [3.63, 3.8) is 0 Å². The maximum absolute atomic E-state index is 7.05. The largest absolute Gasteiger partial charge is 0.370 e. The zero-order valence-corrected chi connectivity index (χ0v) is 17.7. The van der Waals surface area contributed by atoms with Crippen LogP contribution in [-0.4, -0.2) is 59.8 Å². The average molecular weight is 402 g/mol. The minimum Gasteiger partial charge on any atom is -0.370 e. The molecule has 5 rings (SSSR count). The van der Waals surface area contributed by atoms with E-state index in [4.69, 9.17) is 16.6 Å². The first-order valence-electron chi connectivity index (χ1n) is 11.1. The molecule has 28 heavy (non-hydrogen) atoms. The SMILES string of the molecule is Cc1nc2ccc(N3CCC(N4CCCC4)CC3)c(Cl)c2n1C1CCNCC1.